The summed E-state index contributed by atoms with van der Waals surface area (Å²) in [5.41, 5.74) is 14.6. The minimum atomic E-state index is -0.875. The molecular formula is C35H49N7O4. The maximum Gasteiger partial charge on any atom is 0.251 e. The van der Waals surface area contributed by atoms with Crippen molar-refractivity contribution in [2.45, 2.75) is 78.3 Å². The molecule has 4 fully saturated rings. The largest absolute Gasteiger partial charge is 0.393 e. The van der Waals surface area contributed by atoms with Crippen LogP contribution in [0.1, 0.15) is 62.0 Å². The van der Waals surface area contributed by atoms with Gasteiger partial charge in [0.05, 0.1) is 25.3 Å². The number of carbonyl (C=O) groups is 2. The van der Waals surface area contributed by atoms with Crippen LogP contribution in [-0.4, -0.2) is 74.0 Å². The van der Waals surface area contributed by atoms with Crippen LogP contribution in [0.25, 0.3) is 21.6 Å². The molecule has 0 spiro atoms. The molecule has 2 amide bonds. The number of hydroxylamine groups is 2. The molecule has 3 saturated carbocycles. The van der Waals surface area contributed by atoms with Crippen molar-refractivity contribution in [2.24, 2.45) is 34.2 Å². The molecular weight excluding hydrogens is 582 g/mol. The summed E-state index contributed by atoms with van der Waals surface area (Å²) in [5, 5.41) is 22.5. The summed E-state index contributed by atoms with van der Waals surface area (Å²) in [7, 11) is 5.50. The highest BCUT2D eigenvalue weighted by atomic mass is 16.7. The van der Waals surface area contributed by atoms with Gasteiger partial charge in [0.1, 0.15) is 6.04 Å². The average molecular weight is 632 g/mol. The first-order valence-corrected chi connectivity index (χ1v) is 16.3. The third-order valence-electron chi connectivity index (χ3n) is 11.2. The predicted molar refractivity (Wildman–Crippen MR) is 179 cm³/mol. The lowest BCUT2D eigenvalue weighted by molar-refractivity contribution is -0.175. The number of hydrogen-bond acceptors (Lipinski definition) is 7. The number of fused-ring (bicyclic) bond motifs is 2. The van der Waals surface area contributed by atoms with Crippen molar-refractivity contribution in [1.29, 1.82) is 0 Å². The number of hydrogen-bond donors (Lipinski definition) is 3. The van der Waals surface area contributed by atoms with E-state index in [1.165, 1.54) is 6.42 Å². The topological polar surface area (TPSA) is 143 Å². The zero-order chi connectivity index (χ0) is 33.5. The second kappa shape index (κ2) is 13.2. The molecule has 2 bridgehead atoms. The summed E-state index contributed by atoms with van der Waals surface area (Å²) in [5.74, 6) is 0.569. The molecule has 46 heavy (non-hydrogen) atoms. The fourth-order valence-electron chi connectivity index (χ4n) is 8.24. The Hall–Kier alpha value is -3.63. The molecule has 1 aliphatic heterocycles. The number of nitrogens with one attached hydrogen (secondary N) is 2. The molecule has 11 heteroatoms. The van der Waals surface area contributed by atoms with Crippen LogP contribution in [0.5, 0.6) is 0 Å². The summed E-state index contributed by atoms with van der Waals surface area (Å²) in [6.45, 7) is 10.9. The Morgan fingerprint density at radius 3 is 2.59 bits per heavy atom. The monoisotopic (exact) mass is 631 g/mol. The van der Waals surface area contributed by atoms with Crippen molar-refractivity contribution >= 4 is 17.5 Å². The van der Waals surface area contributed by atoms with Crippen molar-refractivity contribution in [1.82, 2.24) is 15.7 Å². The molecule has 0 radical (unpaired) electrons. The van der Waals surface area contributed by atoms with E-state index in [2.05, 4.69) is 47.5 Å². The molecule has 4 aliphatic rings. The highest BCUT2D eigenvalue weighted by molar-refractivity contribution is 5.96. The van der Waals surface area contributed by atoms with Crippen molar-refractivity contribution in [3.63, 3.8) is 0 Å². The Bertz CT molecular complexity index is 1520. The van der Waals surface area contributed by atoms with Gasteiger partial charge in [0.25, 0.3) is 5.91 Å². The van der Waals surface area contributed by atoms with Crippen LogP contribution in [0, 0.1) is 36.0 Å². The fraction of sp³-hybridized carbons (Fsp3) is 0.600. The zero-order valence-electron chi connectivity index (χ0n) is 28.3. The Morgan fingerprint density at radius 1 is 1.24 bits per heavy atom. The number of aliphatic hydroxyl groups is 1. The first-order chi connectivity index (χ1) is 21.8. The van der Waals surface area contributed by atoms with E-state index in [1.54, 1.807) is 19.0 Å². The minimum Gasteiger partial charge on any atom is -0.393 e. The number of carbonyl (C=O) groups excluding carboxylic acids is 2. The van der Waals surface area contributed by atoms with E-state index in [-0.39, 0.29) is 30.9 Å². The third kappa shape index (κ3) is 6.21. The van der Waals surface area contributed by atoms with E-state index in [4.69, 9.17) is 10.4 Å². The molecule has 2 aromatic carbocycles. The maximum atomic E-state index is 14.2. The zero-order valence-corrected chi connectivity index (χ0v) is 28.3. The van der Waals surface area contributed by atoms with Gasteiger partial charge in [-0.15, -0.1) is 0 Å². The molecule has 6 rings (SSSR count). The van der Waals surface area contributed by atoms with Gasteiger partial charge < -0.3 is 20.6 Å². The molecule has 8 atom stereocenters. The molecule has 3 aliphatic carbocycles. The van der Waals surface area contributed by atoms with E-state index < -0.39 is 24.2 Å². The van der Waals surface area contributed by atoms with E-state index in [9.17, 15) is 14.7 Å². The summed E-state index contributed by atoms with van der Waals surface area (Å²) >= 11 is 0. The van der Waals surface area contributed by atoms with Gasteiger partial charge >= 0.3 is 0 Å². The molecule has 1 saturated heterocycles. The number of azide groups is 1. The van der Waals surface area contributed by atoms with E-state index in [1.807, 2.05) is 56.3 Å². The second-order valence-corrected chi connectivity index (χ2v) is 14.3. The Kier molecular flexibility index (Phi) is 9.70. The molecule has 3 N–H and O–H groups in total. The van der Waals surface area contributed by atoms with Crippen LogP contribution >= 0.6 is 0 Å². The second-order valence-electron chi connectivity index (χ2n) is 14.3. The number of nitrogens with zero attached hydrogens (tertiary/aromatic N) is 5. The summed E-state index contributed by atoms with van der Waals surface area (Å²) in [4.78, 5) is 38.1. The van der Waals surface area contributed by atoms with Crippen molar-refractivity contribution in [3.05, 3.63) is 63.5 Å². The van der Waals surface area contributed by atoms with Crippen LogP contribution in [0.4, 0.5) is 5.69 Å². The van der Waals surface area contributed by atoms with Crippen LogP contribution < -0.4 is 15.5 Å². The van der Waals surface area contributed by atoms with Gasteiger partial charge in [0.15, 0.2) is 0 Å². The van der Waals surface area contributed by atoms with Crippen LogP contribution in [0.15, 0.2) is 41.5 Å². The van der Waals surface area contributed by atoms with Gasteiger partial charge in [0, 0.05) is 49.3 Å². The van der Waals surface area contributed by atoms with Crippen molar-refractivity contribution in [3.8, 4) is 11.1 Å². The first-order valence-electron chi connectivity index (χ1n) is 16.3. The minimum absolute atomic E-state index is 0.00311. The smallest absolute Gasteiger partial charge is 0.251 e. The van der Waals surface area contributed by atoms with Gasteiger partial charge in [0.2, 0.25) is 5.91 Å². The highest BCUT2D eigenvalue weighted by Crippen LogP contribution is 2.61. The molecule has 0 unspecified atom stereocenters. The van der Waals surface area contributed by atoms with Gasteiger partial charge in [-0.25, -0.2) is 0 Å². The lowest BCUT2D eigenvalue weighted by Gasteiger charge is -2.62. The first kappa shape index (κ1) is 33.7. The number of aliphatic hydroxyl groups excluding tert-OH is 1. The quantitative estimate of drug-likeness (QED) is 0.190. The molecule has 1 heterocycles. The molecule has 2 aromatic rings. The molecule has 0 aromatic heterocycles. The van der Waals surface area contributed by atoms with Gasteiger partial charge in [-0.3, -0.25) is 14.4 Å². The van der Waals surface area contributed by atoms with Gasteiger partial charge in [-0.2, -0.15) is 5.06 Å². The lowest BCUT2D eigenvalue weighted by Crippen LogP contribution is -2.62. The summed E-state index contributed by atoms with van der Waals surface area (Å²) < 4.78 is 0. The van der Waals surface area contributed by atoms with Crippen molar-refractivity contribution in [2.75, 3.05) is 32.6 Å². The highest BCUT2D eigenvalue weighted by Gasteiger charge is 2.57. The summed E-state index contributed by atoms with van der Waals surface area (Å²) in [6, 6.07) is 11.1. The average Bonchev–Trinajstić information content (AvgIpc) is 3.39. The van der Waals surface area contributed by atoms with E-state index >= 15 is 0 Å². The number of benzene rings is 2. The standard InChI is InChI=1S/C35H49N7O4/c1-19-22(10-9-11-27(19)23-12-24(33(44)37-6)14-26(13-23)41(7)8)18-42-32(31(21(3)43)30(46-42)17-38-40-36)34(45)39-29-16-25-15-28(20(29)2)35(25,4)5/h9-14,20-21,25,28-32,43H,15-18H2,1-8H3,(H,37,44)(H,39,45)/t20-,21-,25+,28-,29-,30-,31+,32-/m0/s1. The van der Waals surface area contributed by atoms with Crippen molar-refractivity contribution < 1.29 is 19.5 Å². The van der Waals surface area contributed by atoms with E-state index in [0.717, 1.165) is 34.4 Å². The third-order valence-corrected chi connectivity index (χ3v) is 11.2. The SMILES string of the molecule is CNC(=O)c1cc(-c2cccc(CN3O[C@@H](CN=[N+]=[N-])[C@@H]([C@H](C)O)[C@H]3C(=O)N[C@H]3C[C@H]4C[C@@H]([C@@H]3C)C4(C)C)c2C)cc(N(C)C)c1. The van der Waals surface area contributed by atoms with Crippen LogP contribution in [0.3, 0.4) is 0 Å². The number of anilines is 1. The normalized spacial score (nSPS) is 28.8. The summed E-state index contributed by atoms with van der Waals surface area (Å²) in [6.07, 6.45) is 0.621. The molecule has 248 valence electrons. The van der Waals surface area contributed by atoms with Gasteiger partial charge in [-0.05, 0) is 95.8 Å². The van der Waals surface area contributed by atoms with Gasteiger partial charge in [-0.1, -0.05) is 44.1 Å². The number of amides is 2. The predicted octanol–water partition coefficient (Wildman–Crippen LogP) is 5.07. The number of rotatable bonds is 10. The Labute approximate surface area is 272 Å². The molecule has 11 nitrogen and oxygen atoms in total. The maximum absolute atomic E-state index is 14.2. The Balaban J connectivity index is 1.46. The van der Waals surface area contributed by atoms with Crippen LogP contribution in [-0.2, 0) is 16.2 Å². The fourth-order valence-corrected chi connectivity index (χ4v) is 8.24. The van der Waals surface area contributed by atoms with E-state index in [0.29, 0.717) is 28.7 Å². The van der Waals surface area contributed by atoms with Crippen LogP contribution in [0.2, 0.25) is 0 Å². The Morgan fingerprint density at radius 2 is 1.98 bits per heavy atom. The lowest BCUT2D eigenvalue weighted by atomic mass is 9.45.